The summed E-state index contributed by atoms with van der Waals surface area (Å²) in [5.41, 5.74) is 2.38. The summed E-state index contributed by atoms with van der Waals surface area (Å²) >= 11 is 12.1. The van der Waals surface area contributed by atoms with Crippen molar-refractivity contribution < 1.29 is 0 Å². The first-order valence-corrected chi connectivity index (χ1v) is 10.2. The Labute approximate surface area is 174 Å². The SMILES string of the molecule is CCN(CC)CCCNc1cc(C)nc(Nc2nc3cc(Cl)c(Cl)cc3[nH]2)n1. The Morgan fingerprint density at radius 1 is 1.04 bits per heavy atom. The van der Waals surface area contributed by atoms with E-state index < -0.39 is 0 Å². The normalized spacial score (nSPS) is 11.4. The number of imidazole rings is 1. The van der Waals surface area contributed by atoms with Gasteiger partial charge in [0.25, 0.3) is 0 Å². The van der Waals surface area contributed by atoms with E-state index >= 15 is 0 Å². The van der Waals surface area contributed by atoms with Crippen molar-refractivity contribution in [1.29, 1.82) is 0 Å². The fourth-order valence-corrected chi connectivity index (χ4v) is 3.27. The van der Waals surface area contributed by atoms with Gasteiger partial charge in [-0.25, -0.2) is 9.97 Å². The highest BCUT2D eigenvalue weighted by Crippen LogP contribution is 2.28. The molecule has 0 aliphatic carbocycles. The van der Waals surface area contributed by atoms with Crippen LogP contribution in [0.15, 0.2) is 18.2 Å². The Morgan fingerprint density at radius 2 is 1.79 bits per heavy atom. The number of H-pyrrole nitrogens is 1. The second-order valence-electron chi connectivity index (χ2n) is 6.52. The van der Waals surface area contributed by atoms with Crippen LogP contribution in [0.3, 0.4) is 0 Å². The number of nitrogens with one attached hydrogen (secondary N) is 3. The minimum absolute atomic E-state index is 0.468. The van der Waals surface area contributed by atoms with Crippen LogP contribution in [0.5, 0.6) is 0 Å². The molecule has 3 N–H and O–H groups in total. The Morgan fingerprint density at radius 3 is 2.54 bits per heavy atom. The van der Waals surface area contributed by atoms with Crippen LogP contribution in [-0.4, -0.2) is 51.0 Å². The molecule has 3 rings (SSSR count). The second kappa shape index (κ2) is 9.41. The number of rotatable bonds is 9. The summed E-state index contributed by atoms with van der Waals surface area (Å²) in [5.74, 6) is 1.80. The van der Waals surface area contributed by atoms with Gasteiger partial charge in [0.1, 0.15) is 5.82 Å². The van der Waals surface area contributed by atoms with E-state index in [4.69, 9.17) is 23.2 Å². The largest absolute Gasteiger partial charge is 0.370 e. The molecule has 7 nitrogen and oxygen atoms in total. The molecule has 0 amide bonds. The number of halogens is 2. The Balaban J connectivity index is 1.66. The molecular formula is C19H25Cl2N7. The van der Waals surface area contributed by atoms with E-state index in [-0.39, 0.29) is 0 Å². The number of benzene rings is 1. The van der Waals surface area contributed by atoms with E-state index in [1.807, 2.05) is 13.0 Å². The van der Waals surface area contributed by atoms with Gasteiger partial charge in [-0.2, -0.15) is 4.98 Å². The minimum Gasteiger partial charge on any atom is -0.370 e. The number of hydrogen-bond donors (Lipinski definition) is 3. The first-order chi connectivity index (χ1) is 13.5. The molecule has 28 heavy (non-hydrogen) atoms. The lowest BCUT2D eigenvalue weighted by atomic mass is 10.3. The zero-order chi connectivity index (χ0) is 20.1. The average Bonchev–Trinajstić information content (AvgIpc) is 3.02. The molecule has 1 aromatic carbocycles. The van der Waals surface area contributed by atoms with E-state index in [0.717, 1.165) is 55.1 Å². The highest BCUT2D eigenvalue weighted by molar-refractivity contribution is 6.42. The molecule has 0 atom stereocenters. The number of aromatic amines is 1. The lowest BCUT2D eigenvalue weighted by Crippen LogP contribution is -2.25. The zero-order valence-electron chi connectivity index (χ0n) is 16.3. The lowest BCUT2D eigenvalue weighted by Gasteiger charge is -2.17. The van der Waals surface area contributed by atoms with E-state index in [1.54, 1.807) is 12.1 Å². The first kappa shape index (κ1) is 20.6. The van der Waals surface area contributed by atoms with Gasteiger partial charge in [-0.3, -0.25) is 5.32 Å². The third kappa shape index (κ3) is 5.25. The Bertz CT molecular complexity index is 898. The maximum atomic E-state index is 6.06. The topological polar surface area (TPSA) is 81.8 Å². The Kier molecular flexibility index (Phi) is 6.93. The lowest BCUT2D eigenvalue weighted by molar-refractivity contribution is 0.303. The zero-order valence-corrected chi connectivity index (χ0v) is 17.8. The molecule has 9 heteroatoms. The molecule has 150 valence electrons. The van der Waals surface area contributed by atoms with E-state index in [9.17, 15) is 0 Å². The number of aromatic nitrogens is 4. The molecule has 0 bridgehead atoms. The highest BCUT2D eigenvalue weighted by atomic mass is 35.5. The third-order valence-corrected chi connectivity index (χ3v) is 5.18. The van der Waals surface area contributed by atoms with Crippen LogP contribution in [0.1, 0.15) is 26.0 Å². The molecule has 2 heterocycles. The van der Waals surface area contributed by atoms with Gasteiger partial charge in [0.2, 0.25) is 11.9 Å². The molecule has 0 saturated carbocycles. The average molecular weight is 422 g/mol. The molecular weight excluding hydrogens is 397 g/mol. The van der Waals surface area contributed by atoms with Crippen molar-refractivity contribution in [2.75, 3.05) is 36.8 Å². The third-order valence-electron chi connectivity index (χ3n) is 4.46. The van der Waals surface area contributed by atoms with Gasteiger partial charge in [-0.05, 0) is 45.1 Å². The smallest absolute Gasteiger partial charge is 0.231 e. The number of hydrogen-bond acceptors (Lipinski definition) is 6. The van der Waals surface area contributed by atoms with Gasteiger partial charge in [-0.15, -0.1) is 0 Å². The van der Waals surface area contributed by atoms with Crippen molar-refractivity contribution in [3.8, 4) is 0 Å². The van der Waals surface area contributed by atoms with Gasteiger partial charge >= 0.3 is 0 Å². The van der Waals surface area contributed by atoms with Crippen LogP contribution in [0.2, 0.25) is 10.0 Å². The standard InChI is InChI=1S/C19H25Cl2N7/c1-4-28(5-2)8-6-7-22-17-9-12(3)23-18(26-17)27-19-24-15-10-13(20)14(21)11-16(15)25-19/h9-11H,4-8H2,1-3H3,(H3,22,23,24,25,26,27). The van der Waals surface area contributed by atoms with Crippen LogP contribution in [0, 0.1) is 6.92 Å². The van der Waals surface area contributed by atoms with Crippen LogP contribution >= 0.6 is 23.2 Å². The summed E-state index contributed by atoms with van der Waals surface area (Å²) in [6, 6.07) is 5.40. The van der Waals surface area contributed by atoms with E-state index in [2.05, 4.69) is 49.3 Å². The van der Waals surface area contributed by atoms with E-state index in [1.165, 1.54) is 0 Å². The summed E-state index contributed by atoms with van der Waals surface area (Å²) in [7, 11) is 0. The maximum Gasteiger partial charge on any atom is 0.231 e. The summed E-state index contributed by atoms with van der Waals surface area (Å²) < 4.78 is 0. The van der Waals surface area contributed by atoms with E-state index in [0.29, 0.717) is 21.9 Å². The van der Waals surface area contributed by atoms with Gasteiger partial charge in [0.05, 0.1) is 21.1 Å². The molecule has 0 fully saturated rings. The summed E-state index contributed by atoms with van der Waals surface area (Å²) in [6.45, 7) is 10.4. The molecule has 0 radical (unpaired) electrons. The summed E-state index contributed by atoms with van der Waals surface area (Å²) in [4.78, 5) is 19.0. The summed E-state index contributed by atoms with van der Waals surface area (Å²) in [5, 5.41) is 7.44. The van der Waals surface area contributed by atoms with Crippen molar-refractivity contribution in [3.63, 3.8) is 0 Å². The number of fused-ring (bicyclic) bond motifs is 1. The molecule has 3 aromatic rings. The first-order valence-electron chi connectivity index (χ1n) is 9.42. The predicted molar refractivity (Wildman–Crippen MR) is 117 cm³/mol. The number of nitrogens with zero attached hydrogens (tertiary/aromatic N) is 4. The van der Waals surface area contributed by atoms with Crippen molar-refractivity contribution in [2.45, 2.75) is 27.2 Å². The maximum absolute atomic E-state index is 6.06. The minimum atomic E-state index is 0.468. The molecule has 2 aromatic heterocycles. The monoisotopic (exact) mass is 421 g/mol. The fourth-order valence-electron chi connectivity index (χ4n) is 2.94. The molecule has 0 aliphatic rings. The second-order valence-corrected chi connectivity index (χ2v) is 7.33. The van der Waals surface area contributed by atoms with Crippen molar-refractivity contribution in [1.82, 2.24) is 24.8 Å². The van der Waals surface area contributed by atoms with Crippen LogP contribution in [0.25, 0.3) is 11.0 Å². The molecule has 0 aliphatic heterocycles. The molecule has 0 spiro atoms. The van der Waals surface area contributed by atoms with Crippen LogP contribution < -0.4 is 10.6 Å². The van der Waals surface area contributed by atoms with Crippen molar-refractivity contribution >= 4 is 51.9 Å². The van der Waals surface area contributed by atoms with Crippen LogP contribution in [0.4, 0.5) is 17.7 Å². The Hall–Kier alpha value is -2.09. The molecule has 0 saturated heterocycles. The molecule has 0 unspecified atom stereocenters. The van der Waals surface area contributed by atoms with Gasteiger partial charge < -0.3 is 15.2 Å². The van der Waals surface area contributed by atoms with Gasteiger partial charge in [0, 0.05) is 18.3 Å². The van der Waals surface area contributed by atoms with Gasteiger partial charge in [0.15, 0.2) is 0 Å². The highest BCUT2D eigenvalue weighted by Gasteiger charge is 2.09. The van der Waals surface area contributed by atoms with Crippen LogP contribution in [-0.2, 0) is 0 Å². The predicted octanol–water partition coefficient (Wildman–Crippen LogP) is 4.86. The van der Waals surface area contributed by atoms with Crippen molar-refractivity contribution in [3.05, 3.63) is 33.9 Å². The fraction of sp³-hybridized carbons (Fsp3) is 0.421. The van der Waals surface area contributed by atoms with Gasteiger partial charge in [-0.1, -0.05) is 37.0 Å². The summed E-state index contributed by atoms with van der Waals surface area (Å²) in [6.07, 6.45) is 1.05. The number of aryl methyl sites for hydroxylation is 1. The quantitative estimate of drug-likeness (QED) is 0.428. The number of anilines is 3. The van der Waals surface area contributed by atoms with Crippen molar-refractivity contribution in [2.24, 2.45) is 0 Å².